The molecule has 0 aliphatic carbocycles. The third kappa shape index (κ3) is 3.52. The molecule has 1 N–H and O–H groups in total. The van der Waals surface area contributed by atoms with Crippen molar-refractivity contribution in [3.63, 3.8) is 0 Å². The molecule has 0 spiro atoms. The van der Waals surface area contributed by atoms with Crippen LogP contribution in [-0.4, -0.2) is 54.3 Å². The number of nitrogens with one attached hydrogen (secondary N) is 1. The van der Waals surface area contributed by atoms with Crippen molar-refractivity contribution >= 4 is 0 Å². The molecule has 1 aliphatic rings. The number of hydrogen-bond acceptors (Lipinski definition) is 5. The molecule has 1 saturated heterocycles. The molecule has 1 atom stereocenters. The number of likely N-dealkylation sites (N-methyl/N-ethyl adjacent to an activating group) is 1. The highest BCUT2D eigenvalue weighted by Gasteiger charge is 2.16. The number of rotatable bonds is 4. The predicted molar refractivity (Wildman–Crippen MR) is 61.0 cm³/mol. The summed E-state index contributed by atoms with van der Waals surface area (Å²) in [5, 5.41) is 3.32. The standard InChI is InChI=1S/C11H18N4O/c1-15-5-6-16-10(9-15)7-12-8-11-13-3-2-4-14-11/h2-4,10,12H,5-9H2,1H3. The fourth-order valence-corrected chi connectivity index (χ4v) is 1.76. The second-order valence-electron chi connectivity index (χ2n) is 4.05. The first-order valence-corrected chi connectivity index (χ1v) is 5.61. The lowest BCUT2D eigenvalue weighted by atomic mass is 10.3. The SMILES string of the molecule is CN1CCOC(CNCc2ncccn2)C1. The van der Waals surface area contributed by atoms with Crippen molar-refractivity contribution in [3.8, 4) is 0 Å². The Morgan fingerprint density at radius 1 is 1.50 bits per heavy atom. The van der Waals surface area contributed by atoms with Crippen LogP contribution in [0.2, 0.25) is 0 Å². The van der Waals surface area contributed by atoms with Gasteiger partial charge in [-0.25, -0.2) is 9.97 Å². The Balaban J connectivity index is 1.68. The predicted octanol–water partition coefficient (Wildman–Crippen LogP) is -0.103. The molecule has 88 valence electrons. The summed E-state index contributed by atoms with van der Waals surface area (Å²) in [6.45, 7) is 4.39. The Morgan fingerprint density at radius 3 is 3.06 bits per heavy atom. The Labute approximate surface area is 95.8 Å². The lowest BCUT2D eigenvalue weighted by Crippen LogP contribution is -2.44. The van der Waals surface area contributed by atoms with E-state index in [-0.39, 0.29) is 6.10 Å². The van der Waals surface area contributed by atoms with Crippen molar-refractivity contribution in [2.45, 2.75) is 12.6 Å². The molecule has 5 heteroatoms. The van der Waals surface area contributed by atoms with Gasteiger partial charge in [0.15, 0.2) is 0 Å². The van der Waals surface area contributed by atoms with Crippen LogP contribution in [0.3, 0.4) is 0 Å². The van der Waals surface area contributed by atoms with Crippen LogP contribution in [0, 0.1) is 0 Å². The van der Waals surface area contributed by atoms with Crippen molar-refractivity contribution in [2.24, 2.45) is 0 Å². The van der Waals surface area contributed by atoms with Gasteiger partial charge in [-0.2, -0.15) is 0 Å². The monoisotopic (exact) mass is 222 g/mol. The third-order valence-electron chi connectivity index (χ3n) is 2.62. The number of aromatic nitrogens is 2. The summed E-state index contributed by atoms with van der Waals surface area (Å²) in [4.78, 5) is 10.6. The van der Waals surface area contributed by atoms with Gasteiger partial charge in [0.1, 0.15) is 5.82 Å². The van der Waals surface area contributed by atoms with Gasteiger partial charge in [-0.3, -0.25) is 0 Å². The number of morpholine rings is 1. The van der Waals surface area contributed by atoms with E-state index in [1.54, 1.807) is 12.4 Å². The van der Waals surface area contributed by atoms with Gasteiger partial charge in [0.2, 0.25) is 0 Å². The molecule has 1 aromatic rings. The van der Waals surface area contributed by atoms with Crippen molar-refractivity contribution < 1.29 is 4.74 Å². The zero-order chi connectivity index (χ0) is 11.2. The maximum absolute atomic E-state index is 5.64. The largest absolute Gasteiger partial charge is 0.374 e. The van der Waals surface area contributed by atoms with Crippen LogP contribution in [0.1, 0.15) is 5.82 Å². The average Bonchev–Trinajstić information content (AvgIpc) is 2.30. The lowest BCUT2D eigenvalue weighted by Gasteiger charge is -2.30. The summed E-state index contributed by atoms with van der Waals surface area (Å²) in [7, 11) is 2.12. The minimum absolute atomic E-state index is 0.280. The molecular formula is C11H18N4O. The summed E-state index contributed by atoms with van der Waals surface area (Å²) in [6, 6.07) is 1.82. The summed E-state index contributed by atoms with van der Waals surface area (Å²) in [6.07, 6.45) is 3.80. The maximum atomic E-state index is 5.64. The van der Waals surface area contributed by atoms with Gasteiger partial charge in [0.25, 0.3) is 0 Å². The molecule has 0 aromatic carbocycles. The van der Waals surface area contributed by atoms with Crippen molar-refractivity contribution in [1.29, 1.82) is 0 Å². The van der Waals surface area contributed by atoms with Crippen LogP contribution in [-0.2, 0) is 11.3 Å². The Kier molecular flexibility index (Phi) is 4.21. The first kappa shape index (κ1) is 11.4. The zero-order valence-electron chi connectivity index (χ0n) is 9.59. The molecular weight excluding hydrogens is 204 g/mol. The minimum Gasteiger partial charge on any atom is -0.374 e. The summed E-state index contributed by atoms with van der Waals surface area (Å²) in [5.74, 6) is 0.826. The van der Waals surface area contributed by atoms with Crippen molar-refractivity contribution in [2.75, 3.05) is 33.3 Å². The highest BCUT2D eigenvalue weighted by Crippen LogP contribution is 2.01. The molecule has 1 fully saturated rings. The molecule has 2 heterocycles. The number of ether oxygens (including phenoxy) is 1. The molecule has 0 bridgehead atoms. The normalized spacial score (nSPS) is 22.2. The second kappa shape index (κ2) is 5.89. The summed E-state index contributed by atoms with van der Waals surface area (Å²) < 4.78 is 5.64. The van der Waals surface area contributed by atoms with Crippen molar-refractivity contribution in [1.82, 2.24) is 20.2 Å². The van der Waals surface area contributed by atoms with E-state index in [1.807, 2.05) is 6.07 Å². The van der Waals surface area contributed by atoms with Gasteiger partial charge in [-0.15, -0.1) is 0 Å². The maximum Gasteiger partial charge on any atom is 0.141 e. The van der Waals surface area contributed by atoms with Gasteiger partial charge < -0.3 is 15.0 Å². The van der Waals surface area contributed by atoms with E-state index in [0.29, 0.717) is 6.54 Å². The second-order valence-corrected chi connectivity index (χ2v) is 4.05. The van der Waals surface area contributed by atoms with E-state index in [2.05, 4.69) is 27.2 Å². The Hall–Kier alpha value is -1.04. The van der Waals surface area contributed by atoms with Gasteiger partial charge in [0.05, 0.1) is 19.3 Å². The summed E-state index contributed by atoms with van der Waals surface area (Å²) in [5.41, 5.74) is 0. The van der Waals surface area contributed by atoms with Crippen LogP contribution >= 0.6 is 0 Å². The molecule has 2 rings (SSSR count). The summed E-state index contributed by atoms with van der Waals surface area (Å²) >= 11 is 0. The molecule has 1 aromatic heterocycles. The topological polar surface area (TPSA) is 50.3 Å². The van der Waals surface area contributed by atoms with E-state index >= 15 is 0 Å². The number of nitrogens with zero attached hydrogens (tertiary/aromatic N) is 3. The highest BCUT2D eigenvalue weighted by molar-refractivity contribution is 4.88. The van der Waals surface area contributed by atoms with Gasteiger partial charge >= 0.3 is 0 Å². The molecule has 16 heavy (non-hydrogen) atoms. The average molecular weight is 222 g/mol. The molecule has 1 aliphatic heterocycles. The van der Waals surface area contributed by atoms with Crippen LogP contribution < -0.4 is 5.32 Å². The van der Waals surface area contributed by atoms with Gasteiger partial charge in [-0.1, -0.05) is 0 Å². The van der Waals surface area contributed by atoms with Crippen molar-refractivity contribution in [3.05, 3.63) is 24.3 Å². The number of hydrogen-bond donors (Lipinski definition) is 1. The van der Waals surface area contributed by atoms with Crippen LogP contribution in [0.15, 0.2) is 18.5 Å². The molecule has 5 nitrogen and oxygen atoms in total. The van der Waals surface area contributed by atoms with E-state index < -0.39 is 0 Å². The Morgan fingerprint density at radius 2 is 2.31 bits per heavy atom. The van der Waals surface area contributed by atoms with E-state index in [4.69, 9.17) is 4.74 Å². The fourth-order valence-electron chi connectivity index (χ4n) is 1.76. The smallest absolute Gasteiger partial charge is 0.141 e. The minimum atomic E-state index is 0.280. The first-order chi connectivity index (χ1) is 7.84. The van der Waals surface area contributed by atoms with E-state index in [0.717, 1.165) is 32.1 Å². The molecule has 0 saturated carbocycles. The van der Waals surface area contributed by atoms with Gasteiger partial charge in [0, 0.05) is 32.0 Å². The zero-order valence-corrected chi connectivity index (χ0v) is 9.59. The lowest BCUT2D eigenvalue weighted by molar-refractivity contribution is -0.0182. The Bertz CT molecular complexity index is 306. The fraction of sp³-hybridized carbons (Fsp3) is 0.636. The molecule has 0 amide bonds. The molecule has 1 unspecified atom stereocenters. The van der Waals surface area contributed by atoms with Gasteiger partial charge in [-0.05, 0) is 13.1 Å². The van der Waals surface area contributed by atoms with Crippen LogP contribution in [0.5, 0.6) is 0 Å². The van der Waals surface area contributed by atoms with E-state index in [9.17, 15) is 0 Å². The van der Waals surface area contributed by atoms with Crippen LogP contribution in [0.25, 0.3) is 0 Å². The third-order valence-corrected chi connectivity index (χ3v) is 2.62. The first-order valence-electron chi connectivity index (χ1n) is 5.61. The molecule has 0 radical (unpaired) electrons. The van der Waals surface area contributed by atoms with Crippen LogP contribution in [0.4, 0.5) is 0 Å². The highest BCUT2D eigenvalue weighted by atomic mass is 16.5. The quantitative estimate of drug-likeness (QED) is 0.771. The van der Waals surface area contributed by atoms with E-state index in [1.165, 1.54) is 0 Å².